The molecular formula is C14H14BrNO4S. The number of esters is 1. The van der Waals surface area contributed by atoms with Gasteiger partial charge in [-0.05, 0) is 19.1 Å². The first-order valence-corrected chi connectivity index (χ1v) is 8.16. The summed E-state index contributed by atoms with van der Waals surface area (Å²) < 4.78 is 5.97. The largest absolute Gasteiger partial charge is 0.453 e. The Bertz CT molecular complexity index is 561. The first kappa shape index (κ1) is 16.0. The van der Waals surface area contributed by atoms with E-state index in [1.807, 2.05) is 0 Å². The Morgan fingerprint density at radius 3 is 2.62 bits per heavy atom. The molecule has 1 aromatic carbocycles. The second-order valence-corrected chi connectivity index (χ2v) is 6.50. The summed E-state index contributed by atoms with van der Waals surface area (Å²) in [5.41, 5.74) is 0.478. The van der Waals surface area contributed by atoms with E-state index in [9.17, 15) is 14.4 Å². The van der Waals surface area contributed by atoms with Crippen molar-refractivity contribution in [1.29, 1.82) is 0 Å². The van der Waals surface area contributed by atoms with Gasteiger partial charge in [0.05, 0.1) is 0 Å². The standard InChI is InChI=1S/C14H14BrNO4S/c1-9(13(18)10-2-4-11(15)5-3-10)20-12(17)8-16-6-7-21-14(16)19/h2-5,9H,6-8H2,1H3/t9-/m0/s1. The van der Waals surface area contributed by atoms with Crippen molar-refractivity contribution in [3.8, 4) is 0 Å². The zero-order chi connectivity index (χ0) is 15.4. The minimum Gasteiger partial charge on any atom is -0.453 e. The Labute approximate surface area is 135 Å². The van der Waals surface area contributed by atoms with Crippen LogP contribution >= 0.6 is 27.7 Å². The lowest BCUT2D eigenvalue weighted by molar-refractivity contribution is -0.146. The summed E-state index contributed by atoms with van der Waals surface area (Å²) in [7, 11) is 0. The van der Waals surface area contributed by atoms with Gasteiger partial charge in [0.1, 0.15) is 6.54 Å². The fraction of sp³-hybridized carbons (Fsp3) is 0.357. The van der Waals surface area contributed by atoms with E-state index >= 15 is 0 Å². The van der Waals surface area contributed by atoms with Gasteiger partial charge in [0.2, 0.25) is 5.78 Å². The molecule has 1 aliphatic rings. The molecule has 1 atom stereocenters. The van der Waals surface area contributed by atoms with Gasteiger partial charge in [-0.2, -0.15) is 0 Å². The summed E-state index contributed by atoms with van der Waals surface area (Å²) in [6, 6.07) is 6.83. The fourth-order valence-electron chi connectivity index (χ4n) is 1.86. The maximum atomic E-state index is 12.1. The molecule has 1 heterocycles. The Morgan fingerprint density at radius 2 is 2.05 bits per heavy atom. The highest BCUT2D eigenvalue weighted by Gasteiger charge is 2.26. The van der Waals surface area contributed by atoms with Gasteiger partial charge >= 0.3 is 5.97 Å². The molecule has 21 heavy (non-hydrogen) atoms. The summed E-state index contributed by atoms with van der Waals surface area (Å²) in [5.74, 6) is -0.152. The lowest BCUT2D eigenvalue weighted by Gasteiger charge is -2.16. The Morgan fingerprint density at radius 1 is 1.38 bits per heavy atom. The van der Waals surface area contributed by atoms with Gasteiger partial charge in [-0.3, -0.25) is 14.4 Å². The molecule has 0 radical (unpaired) electrons. The maximum absolute atomic E-state index is 12.1. The van der Waals surface area contributed by atoms with Gasteiger partial charge in [0.15, 0.2) is 6.10 Å². The molecule has 7 heteroatoms. The number of nitrogens with zero attached hydrogens (tertiary/aromatic N) is 1. The molecule has 1 amide bonds. The smallest absolute Gasteiger partial charge is 0.326 e. The minimum absolute atomic E-state index is 0.107. The summed E-state index contributed by atoms with van der Waals surface area (Å²) in [6.45, 7) is 1.96. The summed E-state index contributed by atoms with van der Waals surface area (Å²) in [5, 5.41) is -0.126. The lowest BCUT2D eigenvalue weighted by Crippen LogP contribution is -2.34. The molecule has 0 aromatic heterocycles. The first-order valence-electron chi connectivity index (χ1n) is 6.38. The molecule has 0 aliphatic carbocycles. The quantitative estimate of drug-likeness (QED) is 0.588. The predicted octanol–water partition coefficient (Wildman–Crippen LogP) is 2.73. The van der Waals surface area contributed by atoms with Crippen molar-refractivity contribution >= 4 is 44.7 Å². The molecule has 1 saturated heterocycles. The monoisotopic (exact) mass is 371 g/mol. The van der Waals surface area contributed by atoms with Gasteiger partial charge in [0.25, 0.3) is 5.24 Å². The van der Waals surface area contributed by atoms with E-state index in [4.69, 9.17) is 4.74 Å². The first-order chi connectivity index (χ1) is 9.97. The Kier molecular flexibility index (Phi) is 5.41. The molecule has 0 saturated carbocycles. The van der Waals surface area contributed by atoms with Crippen LogP contribution in [0.25, 0.3) is 0 Å². The number of Topliss-reactive ketones (excluding diaryl/α,β-unsaturated/α-hetero) is 1. The predicted molar refractivity (Wildman–Crippen MR) is 83.5 cm³/mol. The number of benzene rings is 1. The molecule has 0 bridgehead atoms. The van der Waals surface area contributed by atoms with Gasteiger partial charge in [-0.15, -0.1) is 0 Å². The molecule has 1 fully saturated rings. The van der Waals surface area contributed by atoms with Crippen molar-refractivity contribution in [3.63, 3.8) is 0 Å². The SMILES string of the molecule is C[C@H](OC(=O)CN1CCSC1=O)C(=O)c1ccc(Br)cc1. The number of ketones is 1. The Hall–Kier alpha value is -1.34. The highest BCUT2D eigenvalue weighted by molar-refractivity contribution is 9.10. The van der Waals surface area contributed by atoms with E-state index in [1.165, 1.54) is 23.6 Å². The van der Waals surface area contributed by atoms with Gasteiger partial charge in [0, 0.05) is 22.3 Å². The molecule has 0 unspecified atom stereocenters. The average molecular weight is 372 g/mol. The summed E-state index contributed by atoms with van der Waals surface area (Å²) in [6.07, 6.45) is -0.871. The van der Waals surface area contributed by atoms with Gasteiger partial charge in [-0.1, -0.05) is 39.8 Å². The van der Waals surface area contributed by atoms with E-state index in [2.05, 4.69) is 15.9 Å². The van der Waals surface area contributed by atoms with Crippen LogP contribution in [-0.4, -0.2) is 46.8 Å². The van der Waals surface area contributed by atoms with Crippen LogP contribution in [0.5, 0.6) is 0 Å². The molecule has 2 rings (SSSR count). The van der Waals surface area contributed by atoms with Crippen molar-refractivity contribution < 1.29 is 19.1 Å². The van der Waals surface area contributed by atoms with Crippen LogP contribution in [0.2, 0.25) is 0 Å². The van der Waals surface area contributed by atoms with Crippen LogP contribution in [0.4, 0.5) is 4.79 Å². The van der Waals surface area contributed by atoms with E-state index < -0.39 is 12.1 Å². The van der Waals surface area contributed by atoms with Crippen LogP contribution in [0.15, 0.2) is 28.7 Å². The minimum atomic E-state index is -0.871. The van der Waals surface area contributed by atoms with Crippen molar-refractivity contribution in [2.75, 3.05) is 18.8 Å². The van der Waals surface area contributed by atoms with Crippen LogP contribution in [0.3, 0.4) is 0 Å². The number of ether oxygens (including phenoxy) is 1. The molecule has 112 valence electrons. The second kappa shape index (κ2) is 7.09. The van der Waals surface area contributed by atoms with Crippen molar-refractivity contribution in [2.45, 2.75) is 13.0 Å². The number of amides is 1. The highest BCUT2D eigenvalue weighted by Crippen LogP contribution is 2.17. The maximum Gasteiger partial charge on any atom is 0.326 e. The number of hydrogen-bond acceptors (Lipinski definition) is 5. The van der Waals surface area contributed by atoms with Crippen LogP contribution < -0.4 is 0 Å². The third-order valence-electron chi connectivity index (χ3n) is 2.97. The summed E-state index contributed by atoms with van der Waals surface area (Å²) in [4.78, 5) is 36.7. The lowest BCUT2D eigenvalue weighted by atomic mass is 10.1. The number of thioether (sulfide) groups is 1. The number of halogens is 1. The second-order valence-electron chi connectivity index (χ2n) is 4.54. The number of carbonyl (C=O) groups excluding carboxylic acids is 3. The fourth-order valence-corrected chi connectivity index (χ4v) is 2.95. The number of hydrogen-bond donors (Lipinski definition) is 0. The molecule has 1 aromatic rings. The molecule has 5 nitrogen and oxygen atoms in total. The van der Waals surface area contributed by atoms with E-state index in [0.717, 1.165) is 4.47 Å². The molecule has 0 spiro atoms. The van der Waals surface area contributed by atoms with E-state index in [-0.39, 0.29) is 17.6 Å². The zero-order valence-corrected chi connectivity index (χ0v) is 13.8. The van der Waals surface area contributed by atoms with Crippen molar-refractivity contribution in [2.24, 2.45) is 0 Å². The Balaban J connectivity index is 1.89. The van der Waals surface area contributed by atoms with E-state index in [0.29, 0.717) is 17.9 Å². The number of carbonyl (C=O) groups is 3. The third kappa shape index (κ3) is 4.31. The zero-order valence-electron chi connectivity index (χ0n) is 11.4. The van der Waals surface area contributed by atoms with E-state index in [1.54, 1.807) is 24.3 Å². The van der Waals surface area contributed by atoms with Crippen LogP contribution in [0, 0.1) is 0 Å². The molecular weight excluding hydrogens is 358 g/mol. The van der Waals surface area contributed by atoms with Crippen molar-refractivity contribution in [1.82, 2.24) is 4.90 Å². The van der Waals surface area contributed by atoms with Crippen molar-refractivity contribution in [3.05, 3.63) is 34.3 Å². The number of rotatable bonds is 5. The topological polar surface area (TPSA) is 63.7 Å². The summed E-state index contributed by atoms with van der Waals surface area (Å²) >= 11 is 4.47. The normalized spacial score (nSPS) is 15.9. The van der Waals surface area contributed by atoms with Crippen LogP contribution in [-0.2, 0) is 9.53 Å². The van der Waals surface area contributed by atoms with Crippen LogP contribution in [0.1, 0.15) is 17.3 Å². The third-order valence-corrected chi connectivity index (χ3v) is 4.39. The average Bonchev–Trinajstić information content (AvgIpc) is 2.84. The molecule has 0 N–H and O–H groups in total. The van der Waals surface area contributed by atoms with Gasteiger partial charge < -0.3 is 9.64 Å². The highest BCUT2D eigenvalue weighted by atomic mass is 79.9. The van der Waals surface area contributed by atoms with Gasteiger partial charge in [-0.25, -0.2) is 0 Å². The molecule has 1 aliphatic heterocycles.